The lowest BCUT2D eigenvalue weighted by molar-refractivity contribution is -0.117. The van der Waals surface area contributed by atoms with Gasteiger partial charge in [0.1, 0.15) is 0 Å². The Morgan fingerprint density at radius 2 is 2.37 bits per heavy atom. The molecule has 0 radical (unpaired) electrons. The number of nitrogens with one attached hydrogen (secondary N) is 1. The van der Waals surface area contributed by atoms with Gasteiger partial charge in [0.05, 0.1) is 21.3 Å². The average molecular weight is 279 g/mol. The van der Waals surface area contributed by atoms with E-state index in [9.17, 15) is 4.79 Å². The summed E-state index contributed by atoms with van der Waals surface area (Å²) in [6.45, 7) is 2.44. The molecule has 2 rings (SSSR count). The highest BCUT2D eigenvalue weighted by atomic mass is 32.1. The molecule has 1 aromatic carbocycles. The average Bonchev–Trinajstić information content (AvgIpc) is 2.75. The number of carbonyl (C=O) groups is 1. The van der Waals surface area contributed by atoms with E-state index in [1.165, 1.54) is 0 Å². The Hall–Kier alpha value is -1.50. The lowest BCUT2D eigenvalue weighted by atomic mass is 10.2. The van der Waals surface area contributed by atoms with Gasteiger partial charge in [0, 0.05) is 19.4 Å². The number of nitrogens with two attached hydrogens (primary N) is 1. The summed E-state index contributed by atoms with van der Waals surface area (Å²) in [5.41, 5.74) is 7.46. The SMILES string of the molecule is COCCC(N)C(=O)Nc1ccc2nc(C)sc2c1. The molecule has 0 bridgehead atoms. The van der Waals surface area contributed by atoms with Crippen LogP contribution in [0.2, 0.25) is 0 Å². The van der Waals surface area contributed by atoms with E-state index in [1.807, 2.05) is 25.1 Å². The Kier molecular flexibility index (Phi) is 4.47. The molecule has 0 saturated heterocycles. The second kappa shape index (κ2) is 6.10. The fraction of sp³-hybridized carbons (Fsp3) is 0.385. The van der Waals surface area contributed by atoms with Crippen LogP contribution in [0.4, 0.5) is 5.69 Å². The van der Waals surface area contributed by atoms with Crippen LogP contribution in [0.1, 0.15) is 11.4 Å². The zero-order chi connectivity index (χ0) is 13.8. The zero-order valence-corrected chi connectivity index (χ0v) is 11.8. The van der Waals surface area contributed by atoms with Gasteiger partial charge >= 0.3 is 0 Å². The predicted molar refractivity (Wildman–Crippen MR) is 77.5 cm³/mol. The second-order valence-electron chi connectivity index (χ2n) is 4.29. The number of hydrogen-bond donors (Lipinski definition) is 2. The highest BCUT2D eigenvalue weighted by Gasteiger charge is 2.13. The van der Waals surface area contributed by atoms with Gasteiger partial charge < -0.3 is 15.8 Å². The number of thiazole rings is 1. The molecular formula is C13H17N3O2S. The third kappa shape index (κ3) is 3.50. The van der Waals surface area contributed by atoms with Crippen LogP contribution in [0.5, 0.6) is 0 Å². The molecule has 0 saturated carbocycles. The van der Waals surface area contributed by atoms with Crippen LogP contribution in [-0.4, -0.2) is 30.6 Å². The van der Waals surface area contributed by atoms with Gasteiger partial charge in [-0.15, -0.1) is 11.3 Å². The smallest absolute Gasteiger partial charge is 0.241 e. The number of amides is 1. The van der Waals surface area contributed by atoms with Gasteiger partial charge in [-0.2, -0.15) is 0 Å². The largest absolute Gasteiger partial charge is 0.385 e. The second-order valence-corrected chi connectivity index (χ2v) is 5.53. The molecule has 0 aliphatic carbocycles. The first-order valence-corrected chi connectivity index (χ1v) is 6.84. The number of nitrogens with zero attached hydrogens (tertiary/aromatic N) is 1. The number of rotatable bonds is 5. The van der Waals surface area contributed by atoms with Crippen molar-refractivity contribution < 1.29 is 9.53 Å². The number of aromatic nitrogens is 1. The van der Waals surface area contributed by atoms with Crippen LogP contribution in [0, 0.1) is 6.92 Å². The van der Waals surface area contributed by atoms with Crippen molar-refractivity contribution in [1.82, 2.24) is 4.98 Å². The van der Waals surface area contributed by atoms with Gasteiger partial charge in [0.2, 0.25) is 5.91 Å². The summed E-state index contributed by atoms with van der Waals surface area (Å²) in [5, 5.41) is 3.82. The van der Waals surface area contributed by atoms with Crippen LogP contribution in [0.3, 0.4) is 0 Å². The molecule has 0 fully saturated rings. The zero-order valence-electron chi connectivity index (χ0n) is 11.0. The molecule has 1 heterocycles. The summed E-state index contributed by atoms with van der Waals surface area (Å²) >= 11 is 1.60. The molecule has 102 valence electrons. The number of aryl methyl sites for hydroxylation is 1. The van der Waals surface area contributed by atoms with Gasteiger partial charge in [-0.3, -0.25) is 4.79 Å². The first kappa shape index (κ1) is 13.9. The number of fused-ring (bicyclic) bond motifs is 1. The minimum absolute atomic E-state index is 0.197. The molecule has 19 heavy (non-hydrogen) atoms. The van der Waals surface area contributed by atoms with Crippen molar-refractivity contribution in [2.24, 2.45) is 5.73 Å². The van der Waals surface area contributed by atoms with Crippen molar-refractivity contribution in [1.29, 1.82) is 0 Å². The molecule has 2 aromatic rings. The van der Waals surface area contributed by atoms with E-state index in [-0.39, 0.29) is 5.91 Å². The monoisotopic (exact) mass is 279 g/mol. The summed E-state index contributed by atoms with van der Waals surface area (Å²) in [7, 11) is 1.59. The van der Waals surface area contributed by atoms with Crippen molar-refractivity contribution in [3.63, 3.8) is 0 Å². The number of hydrogen-bond acceptors (Lipinski definition) is 5. The van der Waals surface area contributed by atoms with Gasteiger partial charge in [-0.1, -0.05) is 0 Å². The third-order valence-corrected chi connectivity index (χ3v) is 3.67. The Morgan fingerprint density at radius 3 is 3.11 bits per heavy atom. The lowest BCUT2D eigenvalue weighted by Gasteiger charge is -2.11. The molecule has 3 N–H and O–H groups in total. The molecule has 0 spiro atoms. The lowest BCUT2D eigenvalue weighted by Crippen LogP contribution is -2.36. The number of benzene rings is 1. The third-order valence-electron chi connectivity index (χ3n) is 2.73. The maximum absolute atomic E-state index is 11.9. The normalized spacial score (nSPS) is 12.6. The van der Waals surface area contributed by atoms with Crippen LogP contribution in [0.15, 0.2) is 18.2 Å². The van der Waals surface area contributed by atoms with Crippen molar-refractivity contribution in [3.05, 3.63) is 23.2 Å². The number of anilines is 1. The van der Waals surface area contributed by atoms with Gasteiger partial charge in [-0.25, -0.2) is 4.98 Å². The maximum atomic E-state index is 11.9. The van der Waals surface area contributed by atoms with E-state index in [4.69, 9.17) is 10.5 Å². The Bertz CT molecular complexity index is 582. The molecule has 0 aliphatic heterocycles. The van der Waals surface area contributed by atoms with Gasteiger partial charge in [0.15, 0.2) is 0 Å². The molecule has 1 unspecified atom stereocenters. The van der Waals surface area contributed by atoms with E-state index in [0.717, 1.165) is 20.9 Å². The Labute approximate surface area is 115 Å². The molecule has 1 aromatic heterocycles. The highest BCUT2D eigenvalue weighted by Crippen LogP contribution is 2.24. The standard InChI is InChI=1S/C13H17N3O2S/c1-8-15-11-4-3-9(7-12(11)19-8)16-13(17)10(14)5-6-18-2/h3-4,7,10H,5-6,14H2,1-2H3,(H,16,17). The van der Waals surface area contributed by atoms with E-state index < -0.39 is 6.04 Å². The van der Waals surface area contributed by atoms with Crippen molar-refractivity contribution in [2.45, 2.75) is 19.4 Å². The van der Waals surface area contributed by atoms with E-state index in [0.29, 0.717) is 13.0 Å². The molecule has 0 aliphatic rings. The minimum atomic E-state index is -0.557. The van der Waals surface area contributed by atoms with E-state index >= 15 is 0 Å². The summed E-state index contributed by atoms with van der Waals surface area (Å²) in [6.07, 6.45) is 0.504. The summed E-state index contributed by atoms with van der Waals surface area (Å²) in [6, 6.07) is 5.09. The Balaban J connectivity index is 2.06. The molecular weight excluding hydrogens is 262 g/mol. The minimum Gasteiger partial charge on any atom is -0.385 e. The van der Waals surface area contributed by atoms with Gasteiger partial charge in [-0.05, 0) is 31.5 Å². The first-order chi connectivity index (χ1) is 9.10. The topological polar surface area (TPSA) is 77.2 Å². The molecule has 1 amide bonds. The van der Waals surface area contributed by atoms with E-state index in [1.54, 1.807) is 18.4 Å². The molecule has 6 heteroatoms. The molecule has 1 atom stereocenters. The number of ether oxygens (including phenoxy) is 1. The van der Waals surface area contributed by atoms with Crippen molar-refractivity contribution >= 4 is 33.1 Å². The summed E-state index contributed by atoms with van der Waals surface area (Å²) in [5.74, 6) is -0.197. The predicted octanol–water partition coefficient (Wildman–Crippen LogP) is 1.91. The van der Waals surface area contributed by atoms with Crippen LogP contribution in [-0.2, 0) is 9.53 Å². The van der Waals surface area contributed by atoms with Crippen molar-refractivity contribution in [2.75, 3.05) is 19.0 Å². The fourth-order valence-corrected chi connectivity index (χ4v) is 2.59. The van der Waals surface area contributed by atoms with E-state index in [2.05, 4.69) is 10.3 Å². The quantitative estimate of drug-likeness (QED) is 0.876. The van der Waals surface area contributed by atoms with Crippen LogP contribution < -0.4 is 11.1 Å². The summed E-state index contributed by atoms with van der Waals surface area (Å²) in [4.78, 5) is 16.2. The summed E-state index contributed by atoms with van der Waals surface area (Å²) < 4.78 is 5.96. The first-order valence-electron chi connectivity index (χ1n) is 6.02. The fourth-order valence-electron chi connectivity index (χ4n) is 1.73. The Morgan fingerprint density at radius 1 is 1.58 bits per heavy atom. The maximum Gasteiger partial charge on any atom is 0.241 e. The van der Waals surface area contributed by atoms with Gasteiger partial charge in [0.25, 0.3) is 0 Å². The van der Waals surface area contributed by atoms with Crippen molar-refractivity contribution in [3.8, 4) is 0 Å². The highest BCUT2D eigenvalue weighted by molar-refractivity contribution is 7.18. The van der Waals surface area contributed by atoms with Crippen LogP contribution >= 0.6 is 11.3 Å². The number of carbonyl (C=O) groups excluding carboxylic acids is 1. The van der Waals surface area contributed by atoms with Crippen LogP contribution in [0.25, 0.3) is 10.2 Å². The molecule has 5 nitrogen and oxygen atoms in total. The number of methoxy groups -OCH3 is 1.